The minimum atomic E-state index is -3.64. The van der Waals surface area contributed by atoms with Gasteiger partial charge in [-0.05, 0) is 76.0 Å². The minimum Gasteiger partial charge on any atom is -0.370 e. The molecule has 0 radical (unpaired) electrons. The van der Waals surface area contributed by atoms with Crippen molar-refractivity contribution in [3.05, 3.63) is 23.8 Å². The van der Waals surface area contributed by atoms with E-state index in [1.165, 1.54) is 6.42 Å². The van der Waals surface area contributed by atoms with Crippen LogP contribution in [0, 0.1) is 5.92 Å². The molecule has 1 unspecified atom stereocenters. The second kappa shape index (κ2) is 9.72. The average Bonchev–Trinajstić information content (AvgIpc) is 3.65. The number of rotatable bonds is 7. The molecule has 3 fully saturated rings. The van der Waals surface area contributed by atoms with E-state index < -0.39 is 10.0 Å². The van der Waals surface area contributed by atoms with Crippen molar-refractivity contribution < 1.29 is 13.2 Å². The molecule has 2 heterocycles. The number of hydrogen-bond acceptors (Lipinski definition) is 4. The van der Waals surface area contributed by atoms with Crippen molar-refractivity contribution in [2.75, 3.05) is 31.1 Å². The van der Waals surface area contributed by atoms with E-state index in [0.717, 1.165) is 63.7 Å². The van der Waals surface area contributed by atoms with Crippen molar-refractivity contribution in [2.24, 2.45) is 5.92 Å². The Morgan fingerprint density at radius 1 is 0.938 bits per heavy atom. The molecule has 1 amide bonds. The summed E-state index contributed by atoms with van der Waals surface area (Å²) in [4.78, 5) is 18.1. The zero-order chi connectivity index (χ0) is 22.9. The number of amides is 1. The van der Waals surface area contributed by atoms with Gasteiger partial charge in [0.05, 0.1) is 5.69 Å². The van der Waals surface area contributed by atoms with Crippen LogP contribution in [0.3, 0.4) is 0 Å². The predicted molar refractivity (Wildman–Crippen MR) is 129 cm³/mol. The molecule has 1 atom stereocenters. The molecule has 2 aliphatic heterocycles. The first-order valence-corrected chi connectivity index (χ1v) is 14.0. The SMILES string of the molecule is CC(C)C(C)N(C(=O)c1ccc(N2CCCCC2)c(S(=O)(=O)N2CCCCC2)c1)C1CC1. The third-order valence-corrected chi connectivity index (χ3v) is 9.34. The first kappa shape index (κ1) is 23.6. The summed E-state index contributed by atoms with van der Waals surface area (Å²) in [6, 6.07) is 5.83. The van der Waals surface area contributed by atoms with Crippen molar-refractivity contribution in [3.63, 3.8) is 0 Å². The molecule has 0 N–H and O–H groups in total. The highest BCUT2D eigenvalue weighted by atomic mass is 32.2. The fourth-order valence-corrected chi connectivity index (χ4v) is 6.75. The van der Waals surface area contributed by atoms with Crippen LogP contribution in [-0.4, -0.2) is 61.8 Å². The maximum atomic E-state index is 13.8. The van der Waals surface area contributed by atoms with Crippen LogP contribution in [0.4, 0.5) is 5.69 Å². The van der Waals surface area contributed by atoms with E-state index in [2.05, 4.69) is 25.7 Å². The van der Waals surface area contributed by atoms with Crippen LogP contribution in [0.15, 0.2) is 23.1 Å². The Morgan fingerprint density at radius 2 is 1.53 bits per heavy atom. The molecular formula is C25H39N3O3S. The normalized spacial score (nSPS) is 21.6. The van der Waals surface area contributed by atoms with Gasteiger partial charge in [0.25, 0.3) is 5.91 Å². The number of piperidine rings is 2. The molecule has 0 aromatic heterocycles. The van der Waals surface area contributed by atoms with E-state index in [1.54, 1.807) is 10.4 Å². The third kappa shape index (κ3) is 4.84. The molecule has 0 bridgehead atoms. The van der Waals surface area contributed by atoms with Gasteiger partial charge in [-0.25, -0.2) is 8.42 Å². The van der Waals surface area contributed by atoms with Crippen LogP contribution in [0.1, 0.15) is 82.5 Å². The highest BCUT2D eigenvalue weighted by Crippen LogP contribution is 2.35. The van der Waals surface area contributed by atoms with Crippen LogP contribution in [0.5, 0.6) is 0 Å². The molecule has 6 nitrogen and oxygen atoms in total. The number of benzene rings is 1. The molecule has 2 saturated heterocycles. The van der Waals surface area contributed by atoms with E-state index in [4.69, 9.17) is 0 Å². The topological polar surface area (TPSA) is 60.9 Å². The quantitative estimate of drug-likeness (QED) is 0.600. The van der Waals surface area contributed by atoms with Gasteiger partial charge in [0.2, 0.25) is 10.0 Å². The van der Waals surface area contributed by atoms with Crippen molar-refractivity contribution in [3.8, 4) is 0 Å². The second-order valence-corrected chi connectivity index (χ2v) is 12.0. The van der Waals surface area contributed by atoms with Crippen molar-refractivity contribution in [1.29, 1.82) is 0 Å². The number of hydrogen-bond donors (Lipinski definition) is 0. The Kier molecular flexibility index (Phi) is 7.15. The molecule has 1 aromatic carbocycles. The lowest BCUT2D eigenvalue weighted by Gasteiger charge is -2.34. The molecule has 3 aliphatic rings. The van der Waals surface area contributed by atoms with Gasteiger partial charge in [-0.1, -0.05) is 20.3 Å². The highest BCUT2D eigenvalue weighted by Gasteiger charge is 2.38. The number of anilines is 1. The van der Waals surface area contributed by atoms with Gasteiger partial charge >= 0.3 is 0 Å². The van der Waals surface area contributed by atoms with Gasteiger partial charge in [-0.2, -0.15) is 4.31 Å². The van der Waals surface area contributed by atoms with Gasteiger partial charge < -0.3 is 9.80 Å². The Labute approximate surface area is 194 Å². The van der Waals surface area contributed by atoms with Gasteiger partial charge in [-0.3, -0.25) is 4.79 Å². The molecule has 1 aromatic rings. The van der Waals surface area contributed by atoms with Gasteiger partial charge in [-0.15, -0.1) is 0 Å². The number of carbonyl (C=O) groups is 1. The molecule has 7 heteroatoms. The van der Waals surface area contributed by atoms with Gasteiger partial charge in [0.15, 0.2) is 0 Å². The van der Waals surface area contributed by atoms with Crippen LogP contribution in [0.2, 0.25) is 0 Å². The Hall–Kier alpha value is -1.60. The molecule has 178 valence electrons. The molecule has 4 rings (SSSR count). The lowest BCUT2D eigenvalue weighted by molar-refractivity contribution is 0.0627. The zero-order valence-electron chi connectivity index (χ0n) is 19.9. The second-order valence-electron chi connectivity index (χ2n) is 10.1. The van der Waals surface area contributed by atoms with E-state index in [0.29, 0.717) is 29.5 Å². The van der Waals surface area contributed by atoms with Crippen LogP contribution in [0.25, 0.3) is 0 Å². The monoisotopic (exact) mass is 461 g/mol. The van der Waals surface area contributed by atoms with Gasteiger partial charge in [0.1, 0.15) is 4.90 Å². The summed E-state index contributed by atoms with van der Waals surface area (Å²) in [6.07, 6.45) is 8.28. The highest BCUT2D eigenvalue weighted by molar-refractivity contribution is 7.89. The summed E-state index contributed by atoms with van der Waals surface area (Å²) in [7, 11) is -3.64. The number of carbonyl (C=O) groups excluding carboxylic acids is 1. The first-order valence-electron chi connectivity index (χ1n) is 12.5. The fourth-order valence-electron chi connectivity index (χ4n) is 5.00. The largest absolute Gasteiger partial charge is 0.370 e. The molecule has 1 aliphatic carbocycles. The summed E-state index contributed by atoms with van der Waals surface area (Å²) >= 11 is 0. The standard InChI is InChI=1S/C25H39N3O3S/c1-19(2)20(3)28(22-11-12-22)25(29)21-10-13-23(26-14-6-4-7-15-26)24(18-21)32(30,31)27-16-8-5-9-17-27/h10,13,18-20,22H,4-9,11-12,14-17H2,1-3H3. The zero-order valence-corrected chi connectivity index (χ0v) is 20.7. The number of sulfonamides is 1. The van der Waals surface area contributed by atoms with Gasteiger partial charge in [0, 0.05) is 43.8 Å². The summed E-state index contributed by atoms with van der Waals surface area (Å²) in [5.74, 6) is 0.317. The molecule has 1 saturated carbocycles. The number of nitrogens with zero attached hydrogens (tertiary/aromatic N) is 3. The Morgan fingerprint density at radius 3 is 2.09 bits per heavy atom. The maximum absolute atomic E-state index is 13.8. The maximum Gasteiger partial charge on any atom is 0.254 e. The third-order valence-electron chi connectivity index (χ3n) is 7.41. The van der Waals surface area contributed by atoms with E-state index in [-0.39, 0.29) is 18.0 Å². The van der Waals surface area contributed by atoms with Crippen LogP contribution >= 0.6 is 0 Å². The van der Waals surface area contributed by atoms with Crippen LogP contribution in [-0.2, 0) is 10.0 Å². The summed E-state index contributed by atoms with van der Waals surface area (Å²) in [5, 5.41) is 0. The predicted octanol–water partition coefficient (Wildman–Crippen LogP) is 4.50. The van der Waals surface area contributed by atoms with Crippen molar-refractivity contribution in [1.82, 2.24) is 9.21 Å². The fraction of sp³-hybridized carbons (Fsp3) is 0.720. The smallest absolute Gasteiger partial charge is 0.254 e. The summed E-state index contributed by atoms with van der Waals surface area (Å²) in [6.45, 7) is 9.26. The molecule has 32 heavy (non-hydrogen) atoms. The van der Waals surface area contributed by atoms with Crippen LogP contribution < -0.4 is 4.90 Å². The summed E-state index contributed by atoms with van der Waals surface area (Å²) < 4.78 is 29.1. The molecular weight excluding hydrogens is 422 g/mol. The lowest BCUT2D eigenvalue weighted by atomic mass is 10.0. The van der Waals surface area contributed by atoms with Crippen molar-refractivity contribution >= 4 is 21.6 Å². The van der Waals surface area contributed by atoms with Crippen molar-refractivity contribution in [2.45, 2.75) is 89.1 Å². The van der Waals surface area contributed by atoms with E-state index in [1.807, 2.05) is 17.0 Å². The Balaban J connectivity index is 1.73. The average molecular weight is 462 g/mol. The van der Waals surface area contributed by atoms with E-state index in [9.17, 15) is 13.2 Å². The van der Waals surface area contributed by atoms with E-state index >= 15 is 0 Å². The Bertz CT molecular complexity index is 914. The first-order chi connectivity index (χ1) is 15.3. The molecule has 0 spiro atoms. The summed E-state index contributed by atoms with van der Waals surface area (Å²) in [5.41, 5.74) is 1.27. The lowest BCUT2D eigenvalue weighted by Crippen LogP contribution is -2.43. The minimum absolute atomic E-state index is 0.0333.